The van der Waals surface area contributed by atoms with Crippen LogP contribution in [0.3, 0.4) is 0 Å². The lowest BCUT2D eigenvalue weighted by Gasteiger charge is -2.23. The molecule has 8 nitrogen and oxygen atoms in total. The summed E-state index contributed by atoms with van der Waals surface area (Å²) in [7, 11) is 3.07. The second-order valence-corrected chi connectivity index (χ2v) is 6.72. The smallest absolute Gasteiger partial charge is 0.266 e. The summed E-state index contributed by atoms with van der Waals surface area (Å²) in [5.74, 6) is 9.98. The van der Waals surface area contributed by atoms with Gasteiger partial charge in [0.2, 0.25) is 5.91 Å². The average molecular weight is 411 g/mol. The predicted molar refractivity (Wildman–Crippen MR) is 105 cm³/mol. The zero-order chi connectivity index (χ0) is 21.7. The van der Waals surface area contributed by atoms with Crippen LogP contribution < -0.4 is 14.8 Å². The van der Waals surface area contributed by atoms with Crippen molar-refractivity contribution in [2.45, 2.75) is 24.7 Å². The molecule has 8 heteroatoms. The lowest BCUT2D eigenvalue weighted by molar-refractivity contribution is -0.134. The number of benzene rings is 1. The van der Waals surface area contributed by atoms with Crippen molar-refractivity contribution in [1.29, 1.82) is 0 Å². The molecule has 1 aromatic rings. The topological polar surface area (TPSA) is 114 Å². The molecule has 2 amide bonds. The van der Waals surface area contributed by atoms with Crippen LogP contribution in [0.25, 0.3) is 0 Å². The van der Waals surface area contributed by atoms with Crippen molar-refractivity contribution < 1.29 is 34.0 Å². The molecule has 0 aliphatic carbocycles. The number of amides is 2. The Balaban J connectivity index is 1.79. The van der Waals surface area contributed by atoms with Crippen molar-refractivity contribution in [3.8, 4) is 35.2 Å². The van der Waals surface area contributed by atoms with E-state index in [1.54, 1.807) is 18.2 Å². The van der Waals surface area contributed by atoms with Gasteiger partial charge in [-0.15, -0.1) is 0 Å². The predicted octanol–water partition coefficient (Wildman–Crippen LogP) is -0.232. The second-order valence-electron chi connectivity index (χ2n) is 6.72. The highest BCUT2D eigenvalue weighted by atomic mass is 16.5. The molecule has 3 rings (SSSR count). The Kier molecular flexibility index (Phi) is 6.76. The molecule has 4 atom stereocenters. The molecule has 1 aromatic carbocycles. The van der Waals surface area contributed by atoms with Crippen LogP contribution in [0.15, 0.2) is 29.8 Å². The first-order valence-electron chi connectivity index (χ1n) is 9.21. The van der Waals surface area contributed by atoms with E-state index in [2.05, 4.69) is 29.0 Å². The lowest BCUT2D eigenvalue weighted by atomic mass is 9.92. The lowest BCUT2D eigenvalue weighted by Crippen LogP contribution is -2.44. The van der Waals surface area contributed by atoms with E-state index in [4.69, 9.17) is 14.2 Å². The summed E-state index contributed by atoms with van der Waals surface area (Å²) in [5, 5.41) is 21.3. The maximum absolute atomic E-state index is 12.2. The van der Waals surface area contributed by atoms with Crippen LogP contribution in [0.4, 0.5) is 0 Å². The zero-order valence-corrected chi connectivity index (χ0v) is 16.5. The van der Waals surface area contributed by atoms with Crippen molar-refractivity contribution in [2.24, 2.45) is 5.92 Å². The molecule has 0 bridgehead atoms. The van der Waals surface area contributed by atoms with Crippen LogP contribution in [0.1, 0.15) is 12.0 Å². The van der Waals surface area contributed by atoms with E-state index in [0.717, 1.165) is 0 Å². The Hall–Kier alpha value is -3.30. The minimum atomic E-state index is -0.876. The molecule has 30 heavy (non-hydrogen) atoms. The number of methoxy groups -OCH3 is 2. The number of rotatable bonds is 4. The molecule has 1 fully saturated rings. The summed E-state index contributed by atoms with van der Waals surface area (Å²) in [6.45, 7) is -0.355. The molecule has 2 aliphatic heterocycles. The average Bonchev–Trinajstić information content (AvgIpc) is 3.12. The van der Waals surface area contributed by atoms with E-state index in [0.29, 0.717) is 17.1 Å². The summed E-state index contributed by atoms with van der Waals surface area (Å²) in [6, 6.07) is 5.16. The molecular weight excluding hydrogens is 390 g/mol. The van der Waals surface area contributed by atoms with Gasteiger partial charge in [-0.05, 0) is 36.0 Å². The Bertz CT molecular complexity index is 970. The number of hydrogen-bond donors (Lipinski definition) is 3. The van der Waals surface area contributed by atoms with Crippen molar-refractivity contribution >= 4 is 11.8 Å². The monoisotopic (exact) mass is 411 g/mol. The quantitative estimate of drug-likeness (QED) is 0.463. The van der Waals surface area contributed by atoms with Gasteiger partial charge in [-0.3, -0.25) is 14.9 Å². The van der Waals surface area contributed by atoms with Crippen LogP contribution in [0.2, 0.25) is 0 Å². The number of ether oxygens (including phenoxy) is 3. The molecule has 3 N–H and O–H groups in total. The van der Waals surface area contributed by atoms with Crippen molar-refractivity contribution in [2.75, 3.05) is 20.8 Å². The third-order valence-electron chi connectivity index (χ3n) is 4.78. The van der Waals surface area contributed by atoms with Crippen molar-refractivity contribution in [1.82, 2.24) is 5.32 Å². The normalized spacial score (nSPS) is 25.3. The number of carbonyl (C=O) groups is 2. The molecule has 1 saturated heterocycles. The highest BCUT2D eigenvalue weighted by molar-refractivity contribution is 6.11. The SMILES string of the molecule is COc1cc(C#CC#CC2=CC(C3CC(O)C(CO)O3)C(=O)NC2=O)cc(OC)c1. The third-order valence-corrected chi connectivity index (χ3v) is 4.78. The minimum Gasteiger partial charge on any atom is -0.497 e. The van der Waals surface area contributed by atoms with Crippen molar-refractivity contribution in [3.63, 3.8) is 0 Å². The van der Waals surface area contributed by atoms with E-state index in [-0.39, 0.29) is 18.6 Å². The molecule has 2 aliphatic rings. The molecular formula is C22H21NO7. The number of imide groups is 1. The third kappa shape index (κ3) is 4.81. The molecule has 156 valence electrons. The first kappa shape index (κ1) is 21.4. The summed E-state index contributed by atoms with van der Waals surface area (Å²) in [5.41, 5.74) is 0.710. The Morgan fingerprint density at radius 2 is 1.80 bits per heavy atom. The van der Waals surface area contributed by atoms with Gasteiger partial charge >= 0.3 is 0 Å². The molecule has 0 spiro atoms. The highest BCUT2D eigenvalue weighted by Crippen LogP contribution is 2.29. The van der Waals surface area contributed by atoms with Gasteiger partial charge < -0.3 is 24.4 Å². The van der Waals surface area contributed by atoms with Crippen LogP contribution >= 0.6 is 0 Å². The zero-order valence-electron chi connectivity index (χ0n) is 16.5. The van der Waals surface area contributed by atoms with E-state index in [1.807, 2.05) is 0 Å². The number of aliphatic hydroxyl groups is 2. The van der Waals surface area contributed by atoms with Crippen molar-refractivity contribution in [3.05, 3.63) is 35.4 Å². The number of carbonyl (C=O) groups excluding carboxylic acids is 2. The van der Waals surface area contributed by atoms with Gasteiger partial charge in [0.05, 0.1) is 44.5 Å². The Labute approximate surface area is 173 Å². The maximum Gasteiger partial charge on any atom is 0.266 e. The largest absolute Gasteiger partial charge is 0.497 e. The second kappa shape index (κ2) is 9.47. The van der Waals surface area contributed by atoms with Gasteiger partial charge in [0, 0.05) is 18.1 Å². The summed E-state index contributed by atoms with van der Waals surface area (Å²) in [4.78, 5) is 24.2. The maximum atomic E-state index is 12.2. The molecule has 0 saturated carbocycles. The van der Waals surface area contributed by atoms with Crippen LogP contribution in [0.5, 0.6) is 11.5 Å². The Morgan fingerprint density at radius 3 is 2.40 bits per heavy atom. The van der Waals surface area contributed by atoms with Gasteiger partial charge in [0.25, 0.3) is 5.91 Å². The highest BCUT2D eigenvalue weighted by Gasteiger charge is 2.42. The van der Waals surface area contributed by atoms with E-state index < -0.39 is 36.0 Å². The molecule has 0 radical (unpaired) electrons. The van der Waals surface area contributed by atoms with Gasteiger partial charge in [0.15, 0.2) is 0 Å². The molecule has 2 heterocycles. The summed E-state index contributed by atoms with van der Waals surface area (Å²) in [6.07, 6.45) is -0.696. The molecule has 4 unspecified atom stereocenters. The van der Waals surface area contributed by atoms with Gasteiger partial charge in [-0.25, -0.2) is 0 Å². The first-order chi connectivity index (χ1) is 14.4. The number of hydrogen-bond acceptors (Lipinski definition) is 7. The Morgan fingerprint density at radius 1 is 1.13 bits per heavy atom. The number of aliphatic hydroxyl groups excluding tert-OH is 2. The summed E-state index contributed by atoms with van der Waals surface area (Å²) < 4.78 is 15.9. The summed E-state index contributed by atoms with van der Waals surface area (Å²) >= 11 is 0. The standard InChI is InChI=1S/C22H21NO7/c1-28-15-7-13(8-16(10-15)29-2)5-3-4-6-14-9-17(22(27)23-21(14)26)19-11-18(25)20(12-24)30-19/h7-10,17-20,24-25H,11-12H2,1-2H3,(H,23,26,27). The fourth-order valence-corrected chi connectivity index (χ4v) is 3.21. The fourth-order valence-electron chi connectivity index (χ4n) is 3.21. The van der Waals surface area contributed by atoms with Crippen LogP contribution in [-0.2, 0) is 14.3 Å². The number of nitrogens with one attached hydrogen (secondary N) is 1. The van der Waals surface area contributed by atoms with Gasteiger partial charge in [-0.2, -0.15) is 0 Å². The van der Waals surface area contributed by atoms with Gasteiger partial charge in [-0.1, -0.05) is 5.92 Å². The minimum absolute atomic E-state index is 0.0858. The van der Waals surface area contributed by atoms with E-state index >= 15 is 0 Å². The fraction of sp³-hybridized carbons (Fsp3) is 0.364. The first-order valence-corrected chi connectivity index (χ1v) is 9.21. The van der Waals surface area contributed by atoms with E-state index in [1.165, 1.54) is 20.3 Å². The van der Waals surface area contributed by atoms with Gasteiger partial charge in [0.1, 0.15) is 17.6 Å². The van der Waals surface area contributed by atoms with E-state index in [9.17, 15) is 19.8 Å². The molecule has 0 aromatic heterocycles. The van der Waals surface area contributed by atoms with Crippen LogP contribution in [0, 0.1) is 29.6 Å². The van der Waals surface area contributed by atoms with Crippen LogP contribution in [-0.4, -0.2) is 61.2 Å².